The SMILES string of the molecule is CN(CC(=O)NCC(=O)Nc1ccc(F)cc1)C1CCS(=O)(=O)C1. The Hall–Kier alpha value is -2.00. The van der Waals surface area contributed by atoms with E-state index in [4.69, 9.17) is 0 Å². The van der Waals surface area contributed by atoms with E-state index < -0.39 is 21.6 Å². The Labute approximate surface area is 140 Å². The van der Waals surface area contributed by atoms with Crippen molar-refractivity contribution < 1.29 is 22.4 Å². The van der Waals surface area contributed by atoms with Gasteiger partial charge < -0.3 is 10.6 Å². The molecule has 2 N–H and O–H groups in total. The lowest BCUT2D eigenvalue weighted by atomic mass is 10.2. The molecule has 1 aromatic rings. The number of carbonyl (C=O) groups is 2. The zero-order valence-corrected chi connectivity index (χ0v) is 14.1. The summed E-state index contributed by atoms with van der Waals surface area (Å²) >= 11 is 0. The molecule has 132 valence electrons. The molecule has 1 fully saturated rings. The summed E-state index contributed by atoms with van der Waals surface area (Å²) in [5.74, 6) is -0.999. The monoisotopic (exact) mass is 357 g/mol. The normalized spacial score (nSPS) is 19.2. The topological polar surface area (TPSA) is 95.6 Å². The first-order chi connectivity index (χ1) is 11.2. The second-order valence-electron chi connectivity index (χ2n) is 5.80. The van der Waals surface area contributed by atoms with E-state index in [1.807, 2.05) is 0 Å². The second-order valence-corrected chi connectivity index (χ2v) is 8.03. The maximum Gasteiger partial charge on any atom is 0.243 e. The van der Waals surface area contributed by atoms with E-state index in [2.05, 4.69) is 10.6 Å². The summed E-state index contributed by atoms with van der Waals surface area (Å²) in [6, 6.07) is 5.11. The fourth-order valence-corrected chi connectivity index (χ4v) is 4.26. The third kappa shape index (κ3) is 5.57. The molecule has 0 bridgehead atoms. The quantitative estimate of drug-likeness (QED) is 0.747. The molecule has 1 saturated heterocycles. The van der Waals surface area contributed by atoms with Crippen molar-refractivity contribution in [3.05, 3.63) is 30.1 Å². The molecule has 9 heteroatoms. The molecule has 24 heavy (non-hydrogen) atoms. The maximum absolute atomic E-state index is 12.8. The van der Waals surface area contributed by atoms with Crippen molar-refractivity contribution in [1.82, 2.24) is 10.2 Å². The summed E-state index contributed by atoms with van der Waals surface area (Å²) in [4.78, 5) is 25.2. The number of amides is 2. The van der Waals surface area contributed by atoms with Crippen LogP contribution >= 0.6 is 0 Å². The van der Waals surface area contributed by atoms with Crippen LogP contribution < -0.4 is 10.6 Å². The van der Waals surface area contributed by atoms with Gasteiger partial charge in [0.25, 0.3) is 0 Å². The van der Waals surface area contributed by atoms with Crippen LogP contribution in [0.25, 0.3) is 0 Å². The minimum absolute atomic E-state index is 0.0179. The van der Waals surface area contributed by atoms with E-state index in [1.165, 1.54) is 24.3 Å². The van der Waals surface area contributed by atoms with Gasteiger partial charge in [-0.3, -0.25) is 14.5 Å². The molecule has 1 atom stereocenters. The number of hydrogen-bond donors (Lipinski definition) is 2. The van der Waals surface area contributed by atoms with Crippen molar-refractivity contribution in [2.75, 3.05) is 37.0 Å². The highest BCUT2D eigenvalue weighted by Gasteiger charge is 2.31. The van der Waals surface area contributed by atoms with Crippen LogP contribution in [0.2, 0.25) is 0 Å². The Balaban J connectivity index is 1.72. The van der Waals surface area contributed by atoms with Crippen LogP contribution in [0, 0.1) is 5.82 Å². The van der Waals surface area contributed by atoms with Gasteiger partial charge in [-0.2, -0.15) is 0 Å². The van der Waals surface area contributed by atoms with Gasteiger partial charge in [0, 0.05) is 11.7 Å². The highest BCUT2D eigenvalue weighted by molar-refractivity contribution is 7.91. The fraction of sp³-hybridized carbons (Fsp3) is 0.467. The van der Waals surface area contributed by atoms with Crippen LogP contribution in [0.3, 0.4) is 0 Å². The first-order valence-corrected chi connectivity index (χ1v) is 9.30. The van der Waals surface area contributed by atoms with Gasteiger partial charge in [-0.25, -0.2) is 12.8 Å². The number of sulfone groups is 1. The van der Waals surface area contributed by atoms with Gasteiger partial charge in [0.2, 0.25) is 11.8 Å². The summed E-state index contributed by atoms with van der Waals surface area (Å²) < 4.78 is 35.6. The molecule has 2 rings (SSSR count). The van der Waals surface area contributed by atoms with E-state index in [0.717, 1.165) is 0 Å². The highest BCUT2D eigenvalue weighted by atomic mass is 32.2. The van der Waals surface area contributed by atoms with E-state index in [9.17, 15) is 22.4 Å². The minimum atomic E-state index is -3.00. The van der Waals surface area contributed by atoms with Gasteiger partial charge in [0.15, 0.2) is 9.84 Å². The molecule has 0 aliphatic carbocycles. The Bertz CT molecular complexity index is 706. The van der Waals surface area contributed by atoms with Crippen LogP contribution in [0.1, 0.15) is 6.42 Å². The number of likely N-dealkylation sites (N-methyl/N-ethyl adjacent to an activating group) is 1. The molecule has 0 spiro atoms. The Kier molecular flexibility index (Phi) is 5.89. The van der Waals surface area contributed by atoms with Crippen molar-refractivity contribution in [3.63, 3.8) is 0 Å². The molecule has 1 aromatic carbocycles. The van der Waals surface area contributed by atoms with Gasteiger partial charge in [-0.15, -0.1) is 0 Å². The van der Waals surface area contributed by atoms with Crippen LogP contribution in [0.5, 0.6) is 0 Å². The molecular weight excluding hydrogens is 337 g/mol. The van der Waals surface area contributed by atoms with Crippen LogP contribution in [-0.2, 0) is 19.4 Å². The van der Waals surface area contributed by atoms with E-state index in [0.29, 0.717) is 12.1 Å². The number of nitrogens with one attached hydrogen (secondary N) is 2. The van der Waals surface area contributed by atoms with Gasteiger partial charge >= 0.3 is 0 Å². The van der Waals surface area contributed by atoms with Gasteiger partial charge in [0.05, 0.1) is 24.6 Å². The number of carbonyl (C=O) groups excluding carboxylic acids is 2. The largest absolute Gasteiger partial charge is 0.346 e. The summed E-state index contributed by atoms with van der Waals surface area (Å²) in [5, 5.41) is 5.00. The fourth-order valence-electron chi connectivity index (χ4n) is 2.45. The number of nitrogens with zero attached hydrogens (tertiary/aromatic N) is 1. The second kappa shape index (κ2) is 7.71. The molecule has 1 unspecified atom stereocenters. The van der Waals surface area contributed by atoms with Crippen LogP contribution in [0.4, 0.5) is 10.1 Å². The molecule has 1 heterocycles. The first kappa shape index (κ1) is 18.3. The predicted octanol–water partition coefficient (Wildman–Crippen LogP) is -0.000700. The summed E-state index contributed by atoms with van der Waals surface area (Å²) in [6.07, 6.45) is 0.511. The molecule has 0 saturated carbocycles. The van der Waals surface area contributed by atoms with Crippen molar-refractivity contribution in [2.45, 2.75) is 12.5 Å². The van der Waals surface area contributed by atoms with Gasteiger partial charge in [-0.1, -0.05) is 0 Å². The molecule has 7 nitrogen and oxygen atoms in total. The van der Waals surface area contributed by atoms with Crippen molar-refractivity contribution >= 4 is 27.3 Å². The molecule has 0 aromatic heterocycles. The average molecular weight is 357 g/mol. The smallest absolute Gasteiger partial charge is 0.243 e. The number of benzene rings is 1. The van der Waals surface area contributed by atoms with Crippen molar-refractivity contribution in [3.8, 4) is 0 Å². The van der Waals surface area contributed by atoms with Gasteiger partial charge in [-0.05, 0) is 37.7 Å². The molecule has 0 radical (unpaired) electrons. The number of rotatable bonds is 6. The zero-order valence-electron chi connectivity index (χ0n) is 13.3. The summed E-state index contributed by atoms with van der Waals surface area (Å²) in [5.41, 5.74) is 0.434. The van der Waals surface area contributed by atoms with Crippen LogP contribution in [-0.4, -0.2) is 62.8 Å². The minimum Gasteiger partial charge on any atom is -0.346 e. The standard InChI is InChI=1S/C15H20FN3O4S/c1-19(13-6-7-24(22,23)10-13)9-15(21)17-8-14(20)18-12-4-2-11(16)3-5-12/h2-5,13H,6-10H2,1H3,(H,17,21)(H,18,20). The number of halogens is 1. The van der Waals surface area contributed by atoms with Gasteiger partial charge in [0.1, 0.15) is 5.82 Å². The lowest BCUT2D eigenvalue weighted by Crippen LogP contribution is -2.43. The average Bonchev–Trinajstić information content (AvgIpc) is 2.88. The van der Waals surface area contributed by atoms with Crippen LogP contribution in [0.15, 0.2) is 24.3 Å². The number of anilines is 1. The molecule has 1 aliphatic rings. The van der Waals surface area contributed by atoms with E-state index >= 15 is 0 Å². The van der Waals surface area contributed by atoms with Crippen molar-refractivity contribution in [2.24, 2.45) is 0 Å². The lowest BCUT2D eigenvalue weighted by molar-refractivity contribution is -0.125. The van der Waals surface area contributed by atoms with E-state index in [-0.39, 0.29) is 36.5 Å². The first-order valence-electron chi connectivity index (χ1n) is 7.48. The third-order valence-electron chi connectivity index (χ3n) is 3.80. The van der Waals surface area contributed by atoms with E-state index in [1.54, 1.807) is 11.9 Å². The number of hydrogen-bond acceptors (Lipinski definition) is 5. The Morgan fingerprint density at radius 2 is 1.92 bits per heavy atom. The van der Waals surface area contributed by atoms with Crippen molar-refractivity contribution in [1.29, 1.82) is 0 Å². The zero-order chi connectivity index (χ0) is 17.7. The Morgan fingerprint density at radius 3 is 2.50 bits per heavy atom. The predicted molar refractivity (Wildman–Crippen MR) is 87.7 cm³/mol. The molecule has 1 aliphatic heterocycles. The Morgan fingerprint density at radius 1 is 1.25 bits per heavy atom. The molecular formula is C15H20FN3O4S. The summed E-state index contributed by atoms with van der Waals surface area (Å²) in [7, 11) is -1.32. The lowest BCUT2D eigenvalue weighted by Gasteiger charge is -2.22. The third-order valence-corrected chi connectivity index (χ3v) is 5.55. The summed E-state index contributed by atoms with van der Waals surface area (Å²) in [6.45, 7) is -0.197. The highest BCUT2D eigenvalue weighted by Crippen LogP contribution is 2.16. The molecule has 2 amide bonds. The maximum atomic E-state index is 12.8.